The minimum absolute atomic E-state index is 0.127. The van der Waals surface area contributed by atoms with Gasteiger partial charge in [-0.05, 0) is 69.4 Å². The predicted molar refractivity (Wildman–Crippen MR) is 113 cm³/mol. The lowest BCUT2D eigenvalue weighted by atomic mass is 10.2. The van der Waals surface area contributed by atoms with E-state index in [9.17, 15) is 9.59 Å². The van der Waals surface area contributed by atoms with Crippen LogP contribution < -0.4 is 20.3 Å². The highest BCUT2D eigenvalue weighted by atomic mass is 127. The van der Waals surface area contributed by atoms with Crippen molar-refractivity contribution in [2.24, 2.45) is 0 Å². The minimum atomic E-state index is -0.326. The maximum atomic E-state index is 12.7. The van der Waals surface area contributed by atoms with E-state index in [4.69, 9.17) is 9.47 Å². The van der Waals surface area contributed by atoms with Gasteiger partial charge in [0.15, 0.2) is 11.5 Å². The molecule has 0 bridgehead atoms. The Kier molecular flexibility index (Phi) is 4.73. The van der Waals surface area contributed by atoms with Crippen molar-refractivity contribution in [1.82, 2.24) is 9.55 Å². The lowest BCUT2D eigenvalue weighted by Gasteiger charge is -2.09. The van der Waals surface area contributed by atoms with Crippen molar-refractivity contribution in [2.75, 3.05) is 12.1 Å². The van der Waals surface area contributed by atoms with E-state index in [1.807, 2.05) is 6.07 Å². The van der Waals surface area contributed by atoms with Gasteiger partial charge in [-0.1, -0.05) is 0 Å². The number of nitrogens with zero attached hydrogens (tertiary/aromatic N) is 2. The first kappa shape index (κ1) is 17.5. The van der Waals surface area contributed by atoms with Crippen LogP contribution in [0.4, 0.5) is 5.69 Å². The van der Waals surface area contributed by atoms with E-state index in [0.717, 1.165) is 7.14 Å². The van der Waals surface area contributed by atoms with Gasteiger partial charge in [0.05, 0.1) is 17.2 Å². The van der Waals surface area contributed by atoms with Crippen molar-refractivity contribution < 1.29 is 14.3 Å². The maximum Gasteiger partial charge on any atom is 0.261 e. The molecule has 0 saturated heterocycles. The monoisotopic (exact) mass is 575 g/mol. The summed E-state index contributed by atoms with van der Waals surface area (Å²) in [6, 6.07) is 8.86. The molecule has 0 spiro atoms. The van der Waals surface area contributed by atoms with Gasteiger partial charge in [0.1, 0.15) is 6.54 Å². The Morgan fingerprint density at radius 3 is 2.85 bits per heavy atom. The van der Waals surface area contributed by atoms with Gasteiger partial charge in [-0.2, -0.15) is 0 Å². The summed E-state index contributed by atoms with van der Waals surface area (Å²) < 4.78 is 13.7. The Balaban J connectivity index is 1.58. The van der Waals surface area contributed by atoms with Crippen LogP contribution in [0.1, 0.15) is 0 Å². The van der Waals surface area contributed by atoms with E-state index in [1.54, 1.807) is 24.3 Å². The molecule has 0 radical (unpaired) electrons. The van der Waals surface area contributed by atoms with E-state index in [1.165, 1.54) is 10.9 Å². The van der Waals surface area contributed by atoms with Crippen LogP contribution in [0.25, 0.3) is 10.9 Å². The third-order valence-electron chi connectivity index (χ3n) is 3.82. The summed E-state index contributed by atoms with van der Waals surface area (Å²) in [5.74, 6) is 0.895. The lowest BCUT2D eigenvalue weighted by molar-refractivity contribution is -0.116. The first-order chi connectivity index (χ1) is 12.5. The smallest absolute Gasteiger partial charge is 0.261 e. The number of halogens is 2. The number of hydrogen-bond donors (Lipinski definition) is 1. The van der Waals surface area contributed by atoms with Crippen molar-refractivity contribution in [3.8, 4) is 11.5 Å². The van der Waals surface area contributed by atoms with E-state index < -0.39 is 0 Å². The number of aromatic nitrogens is 2. The fraction of sp³-hybridized carbons (Fsp3) is 0.118. The molecule has 26 heavy (non-hydrogen) atoms. The molecule has 2 heterocycles. The van der Waals surface area contributed by atoms with Gasteiger partial charge in [0, 0.05) is 18.9 Å². The molecular weight excluding hydrogens is 564 g/mol. The maximum absolute atomic E-state index is 12.7. The zero-order chi connectivity index (χ0) is 18.3. The highest BCUT2D eigenvalue weighted by Crippen LogP contribution is 2.34. The van der Waals surface area contributed by atoms with Crippen molar-refractivity contribution in [3.63, 3.8) is 0 Å². The number of nitrogens with one attached hydrogen (secondary N) is 1. The number of hydrogen-bond acceptors (Lipinski definition) is 5. The summed E-state index contributed by atoms with van der Waals surface area (Å²) in [5.41, 5.74) is 0.973. The molecule has 0 unspecified atom stereocenters. The Hall–Kier alpha value is -1.89. The van der Waals surface area contributed by atoms with E-state index in [0.29, 0.717) is 28.1 Å². The molecule has 1 aromatic heterocycles. The zero-order valence-electron chi connectivity index (χ0n) is 13.2. The summed E-state index contributed by atoms with van der Waals surface area (Å²) in [6.07, 6.45) is 1.40. The summed E-state index contributed by atoms with van der Waals surface area (Å²) in [7, 11) is 0. The number of anilines is 1. The van der Waals surface area contributed by atoms with Crippen LogP contribution in [0.5, 0.6) is 11.5 Å². The van der Waals surface area contributed by atoms with Crippen molar-refractivity contribution in [3.05, 3.63) is 54.2 Å². The lowest BCUT2D eigenvalue weighted by Crippen LogP contribution is -2.28. The van der Waals surface area contributed by atoms with Gasteiger partial charge >= 0.3 is 0 Å². The van der Waals surface area contributed by atoms with Gasteiger partial charge in [-0.15, -0.1) is 0 Å². The van der Waals surface area contributed by atoms with Gasteiger partial charge < -0.3 is 14.8 Å². The van der Waals surface area contributed by atoms with Gasteiger partial charge in [-0.3, -0.25) is 14.2 Å². The third-order valence-corrected chi connectivity index (χ3v) is 5.26. The largest absolute Gasteiger partial charge is 0.454 e. The topological polar surface area (TPSA) is 82.5 Å². The molecule has 0 atom stereocenters. The van der Waals surface area contributed by atoms with Crippen molar-refractivity contribution in [2.45, 2.75) is 6.54 Å². The molecule has 1 aliphatic rings. The Bertz CT molecular complexity index is 1100. The second-order valence-electron chi connectivity index (χ2n) is 5.58. The summed E-state index contributed by atoms with van der Waals surface area (Å²) in [5, 5.41) is 3.25. The zero-order valence-corrected chi connectivity index (χ0v) is 17.5. The molecule has 0 aliphatic carbocycles. The number of benzene rings is 2. The summed E-state index contributed by atoms with van der Waals surface area (Å²) >= 11 is 4.30. The fourth-order valence-corrected chi connectivity index (χ4v) is 4.62. The molecule has 0 fully saturated rings. The molecule has 0 saturated carbocycles. The summed E-state index contributed by atoms with van der Waals surface area (Å²) in [6.45, 7) is 0.0424. The third kappa shape index (κ3) is 3.37. The Morgan fingerprint density at radius 1 is 1.19 bits per heavy atom. The first-order valence-corrected chi connectivity index (χ1v) is 9.71. The van der Waals surface area contributed by atoms with Crippen LogP contribution in [0, 0.1) is 7.14 Å². The van der Waals surface area contributed by atoms with E-state index >= 15 is 0 Å². The van der Waals surface area contributed by atoms with Crippen LogP contribution >= 0.6 is 45.2 Å². The second-order valence-corrected chi connectivity index (χ2v) is 7.99. The number of amides is 1. The normalized spacial score (nSPS) is 12.4. The number of fused-ring (bicyclic) bond motifs is 2. The van der Waals surface area contributed by atoms with Gasteiger partial charge in [-0.25, -0.2) is 4.98 Å². The molecule has 1 aliphatic heterocycles. The molecule has 2 aromatic carbocycles. The Labute approximate surface area is 175 Å². The average molecular weight is 575 g/mol. The number of rotatable bonds is 3. The Morgan fingerprint density at radius 2 is 2.00 bits per heavy atom. The van der Waals surface area contributed by atoms with Crippen LogP contribution in [-0.2, 0) is 11.3 Å². The molecule has 4 rings (SSSR count). The van der Waals surface area contributed by atoms with Crippen molar-refractivity contribution in [1.29, 1.82) is 0 Å². The molecule has 9 heteroatoms. The quantitative estimate of drug-likeness (QED) is 0.487. The standard InChI is InChI=1S/C17H11I2N3O4/c18-9-3-11-16(12(19)4-9)20-7-22(17(11)24)6-15(23)21-10-1-2-13-14(5-10)26-8-25-13/h1-5,7H,6,8H2,(H,21,23). The predicted octanol–water partition coefficient (Wildman–Crippen LogP) is 2.97. The molecular formula is C17H11I2N3O4. The van der Waals surface area contributed by atoms with Crippen molar-refractivity contribution >= 4 is 67.7 Å². The SMILES string of the molecule is O=C(Cn1cnc2c(I)cc(I)cc2c1=O)Nc1ccc2c(c1)OCO2. The molecule has 132 valence electrons. The van der Waals surface area contributed by atoms with Crippen LogP contribution in [0.15, 0.2) is 41.5 Å². The first-order valence-electron chi connectivity index (χ1n) is 7.55. The van der Waals surface area contributed by atoms with Gasteiger partial charge in [0.2, 0.25) is 12.7 Å². The highest BCUT2D eigenvalue weighted by Gasteiger charge is 2.15. The number of carbonyl (C=O) groups excluding carboxylic acids is 1. The minimum Gasteiger partial charge on any atom is -0.454 e. The highest BCUT2D eigenvalue weighted by molar-refractivity contribution is 14.1. The fourth-order valence-electron chi connectivity index (χ4n) is 2.64. The van der Waals surface area contributed by atoms with Crippen LogP contribution in [-0.4, -0.2) is 22.3 Å². The number of ether oxygens (including phenoxy) is 2. The molecule has 7 nitrogen and oxygen atoms in total. The van der Waals surface area contributed by atoms with Crippen LogP contribution in [0.2, 0.25) is 0 Å². The second kappa shape index (κ2) is 7.02. The molecule has 3 aromatic rings. The molecule has 1 N–H and O–H groups in total. The van der Waals surface area contributed by atoms with E-state index in [2.05, 4.69) is 55.5 Å². The average Bonchev–Trinajstić information content (AvgIpc) is 3.05. The van der Waals surface area contributed by atoms with E-state index in [-0.39, 0.29) is 24.8 Å². The molecule has 1 amide bonds. The van der Waals surface area contributed by atoms with Gasteiger partial charge in [0.25, 0.3) is 5.56 Å². The summed E-state index contributed by atoms with van der Waals surface area (Å²) in [4.78, 5) is 29.3. The number of carbonyl (C=O) groups is 1. The van der Waals surface area contributed by atoms with Crippen LogP contribution in [0.3, 0.4) is 0 Å².